The molecule has 0 aromatic rings. The molecule has 0 aliphatic carbocycles. The second-order valence-electron chi connectivity index (χ2n) is 2.37. The van der Waals surface area contributed by atoms with Crippen LogP contribution in [0.2, 0.25) is 0 Å². The van der Waals surface area contributed by atoms with E-state index in [1.807, 2.05) is 13.8 Å². The van der Waals surface area contributed by atoms with Gasteiger partial charge in [0.2, 0.25) is 5.91 Å². The normalized spacial score (nSPS) is 15.3. The molecular formula is C8H13NO. The first-order valence-corrected chi connectivity index (χ1v) is 3.38. The number of nitrogens with two attached hydrogens (primary N) is 1. The van der Waals surface area contributed by atoms with Gasteiger partial charge < -0.3 is 5.73 Å². The number of amides is 1. The average Bonchev–Trinajstić information content (AvgIpc) is 1.88. The van der Waals surface area contributed by atoms with Crippen molar-refractivity contribution in [3.8, 4) is 12.3 Å². The van der Waals surface area contributed by atoms with Crippen molar-refractivity contribution in [2.75, 3.05) is 0 Å². The maximum Gasteiger partial charge on any atom is 0.221 e. The van der Waals surface area contributed by atoms with E-state index in [9.17, 15) is 4.79 Å². The van der Waals surface area contributed by atoms with Crippen molar-refractivity contribution in [3.05, 3.63) is 0 Å². The first-order chi connectivity index (χ1) is 4.63. The Morgan fingerprint density at radius 2 is 2.30 bits per heavy atom. The molecule has 2 nitrogen and oxygen atoms in total. The molecule has 0 aliphatic heterocycles. The molecule has 0 aliphatic rings. The lowest BCUT2D eigenvalue weighted by atomic mass is 9.92. The van der Waals surface area contributed by atoms with Gasteiger partial charge in [0.15, 0.2) is 0 Å². The van der Waals surface area contributed by atoms with Gasteiger partial charge in [0, 0.05) is 5.92 Å². The lowest BCUT2D eigenvalue weighted by Crippen LogP contribution is -2.27. The summed E-state index contributed by atoms with van der Waals surface area (Å²) in [7, 11) is 0. The van der Waals surface area contributed by atoms with Crippen LogP contribution in [-0.2, 0) is 4.79 Å². The smallest absolute Gasteiger partial charge is 0.221 e. The molecule has 0 aromatic heterocycles. The molecule has 0 heterocycles. The highest BCUT2D eigenvalue weighted by Crippen LogP contribution is 2.13. The van der Waals surface area contributed by atoms with Crippen LogP contribution in [0.1, 0.15) is 20.3 Å². The van der Waals surface area contributed by atoms with Crippen molar-refractivity contribution in [1.82, 2.24) is 0 Å². The van der Waals surface area contributed by atoms with E-state index < -0.39 is 0 Å². The van der Waals surface area contributed by atoms with Crippen molar-refractivity contribution in [2.45, 2.75) is 20.3 Å². The standard InChI is InChI=1S/C8H13NO/c1-4-6(3)7(5-2)8(9)10/h1,6-7H,5H2,2-3H3,(H2,9,10)/t6-,7+/m0/s1. The zero-order valence-corrected chi connectivity index (χ0v) is 6.42. The van der Waals surface area contributed by atoms with E-state index in [2.05, 4.69) is 5.92 Å². The van der Waals surface area contributed by atoms with Gasteiger partial charge in [0.05, 0.1) is 5.92 Å². The molecule has 56 valence electrons. The van der Waals surface area contributed by atoms with Crippen molar-refractivity contribution < 1.29 is 4.79 Å². The SMILES string of the molecule is C#C[C@H](C)[C@@H](CC)C(N)=O. The van der Waals surface area contributed by atoms with Crippen LogP contribution < -0.4 is 5.73 Å². The van der Waals surface area contributed by atoms with Crippen molar-refractivity contribution >= 4 is 5.91 Å². The molecule has 0 radical (unpaired) electrons. The van der Waals surface area contributed by atoms with E-state index in [-0.39, 0.29) is 17.7 Å². The number of hydrogen-bond acceptors (Lipinski definition) is 1. The van der Waals surface area contributed by atoms with Gasteiger partial charge in [0.1, 0.15) is 0 Å². The van der Waals surface area contributed by atoms with E-state index in [1.54, 1.807) is 0 Å². The third kappa shape index (κ3) is 2.10. The Morgan fingerprint density at radius 1 is 1.80 bits per heavy atom. The highest BCUT2D eigenvalue weighted by molar-refractivity contribution is 5.77. The van der Waals surface area contributed by atoms with Gasteiger partial charge in [-0.1, -0.05) is 13.8 Å². The van der Waals surface area contributed by atoms with E-state index in [0.29, 0.717) is 0 Å². The number of carbonyl (C=O) groups excluding carboxylic acids is 1. The van der Waals surface area contributed by atoms with Crippen LogP contribution >= 0.6 is 0 Å². The summed E-state index contributed by atoms with van der Waals surface area (Å²) in [5.41, 5.74) is 5.09. The van der Waals surface area contributed by atoms with Gasteiger partial charge in [-0.15, -0.1) is 12.3 Å². The summed E-state index contributed by atoms with van der Waals surface area (Å²) in [6.07, 6.45) is 5.85. The van der Waals surface area contributed by atoms with Crippen LogP contribution in [-0.4, -0.2) is 5.91 Å². The van der Waals surface area contributed by atoms with E-state index in [4.69, 9.17) is 12.2 Å². The minimum absolute atomic E-state index is 0.0394. The Hall–Kier alpha value is -0.970. The van der Waals surface area contributed by atoms with Gasteiger partial charge >= 0.3 is 0 Å². The summed E-state index contributed by atoms with van der Waals surface area (Å²) >= 11 is 0. The predicted octanol–water partition coefficient (Wildman–Crippen LogP) is 0.767. The topological polar surface area (TPSA) is 43.1 Å². The molecule has 2 atom stereocenters. The highest BCUT2D eigenvalue weighted by atomic mass is 16.1. The lowest BCUT2D eigenvalue weighted by Gasteiger charge is -2.12. The molecule has 0 saturated carbocycles. The summed E-state index contributed by atoms with van der Waals surface area (Å²) in [6.45, 7) is 3.74. The molecular weight excluding hydrogens is 126 g/mol. The minimum Gasteiger partial charge on any atom is -0.369 e. The number of terminal acetylenes is 1. The Morgan fingerprint density at radius 3 is 2.40 bits per heavy atom. The quantitative estimate of drug-likeness (QED) is 0.576. The lowest BCUT2D eigenvalue weighted by molar-refractivity contribution is -0.122. The van der Waals surface area contributed by atoms with Crippen molar-refractivity contribution in [2.24, 2.45) is 17.6 Å². The van der Waals surface area contributed by atoms with E-state index >= 15 is 0 Å². The maximum atomic E-state index is 10.7. The third-order valence-corrected chi connectivity index (χ3v) is 1.67. The fraction of sp³-hybridized carbons (Fsp3) is 0.625. The number of hydrogen-bond donors (Lipinski definition) is 1. The number of rotatable bonds is 3. The molecule has 2 N–H and O–H groups in total. The Kier molecular flexibility index (Phi) is 3.56. The second-order valence-corrected chi connectivity index (χ2v) is 2.37. The van der Waals surface area contributed by atoms with E-state index in [0.717, 1.165) is 6.42 Å². The van der Waals surface area contributed by atoms with Crippen LogP contribution in [0.3, 0.4) is 0 Å². The molecule has 0 aromatic carbocycles. The van der Waals surface area contributed by atoms with Crippen LogP contribution in [0.4, 0.5) is 0 Å². The molecule has 0 unspecified atom stereocenters. The van der Waals surface area contributed by atoms with Gasteiger partial charge in [0.25, 0.3) is 0 Å². The molecule has 0 rings (SSSR count). The molecule has 0 saturated heterocycles. The number of primary amides is 1. The van der Waals surface area contributed by atoms with Crippen LogP contribution in [0.15, 0.2) is 0 Å². The fourth-order valence-corrected chi connectivity index (χ4v) is 0.917. The van der Waals surface area contributed by atoms with Gasteiger partial charge in [-0.3, -0.25) is 4.79 Å². The largest absolute Gasteiger partial charge is 0.369 e. The van der Waals surface area contributed by atoms with Gasteiger partial charge in [-0.2, -0.15) is 0 Å². The average molecular weight is 139 g/mol. The first kappa shape index (κ1) is 9.03. The van der Waals surface area contributed by atoms with E-state index in [1.165, 1.54) is 0 Å². The monoisotopic (exact) mass is 139 g/mol. The molecule has 1 amide bonds. The Labute approximate surface area is 61.8 Å². The fourth-order valence-electron chi connectivity index (χ4n) is 0.917. The molecule has 2 heteroatoms. The van der Waals surface area contributed by atoms with Gasteiger partial charge in [-0.05, 0) is 6.42 Å². The summed E-state index contributed by atoms with van der Waals surface area (Å²) in [6, 6.07) is 0. The summed E-state index contributed by atoms with van der Waals surface area (Å²) in [5.74, 6) is 2.00. The Bertz CT molecular complexity index is 157. The summed E-state index contributed by atoms with van der Waals surface area (Å²) in [4.78, 5) is 10.7. The van der Waals surface area contributed by atoms with Crippen LogP contribution in [0.5, 0.6) is 0 Å². The summed E-state index contributed by atoms with van der Waals surface area (Å²) in [5, 5.41) is 0. The summed E-state index contributed by atoms with van der Waals surface area (Å²) < 4.78 is 0. The van der Waals surface area contributed by atoms with Crippen LogP contribution in [0, 0.1) is 24.2 Å². The zero-order valence-electron chi connectivity index (χ0n) is 6.42. The van der Waals surface area contributed by atoms with Crippen molar-refractivity contribution in [3.63, 3.8) is 0 Å². The third-order valence-electron chi connectivity index (χ3n) is 1.67. The Balaban J connectivity index is 4.09. The predicted molar refractivity (Wildman–Crippen MR) is 41.0 cm³/mol. The first-order valence-electron chi connectivity index (χ1n) is 3.38. The van der Waals surface area contributed by atoms with Crippen LogP contribution in [0.25, 0.3) is 0 Å². The second kappa shape index (κ2) is 3.94. The highest BCUT2D eigenvalue weighted by Gasteiger charge is 2.18. The van der Waals surface area contributed by atoms with Crippen molar-refractivity contribution in [1.29, 1.82) is 0 Å². The molecule has 10 heavy (non-hydrogen) atoms. The number of carbonyl (C=O) groups is 1. The molecule has 0 bridgehead atoms. The van der Waals surface area contributed by atoms with Gasteiger partial charge in [-0.25, -0.2) is 0 Å². The molecule has 0 fully saturated rings. The minimum atomic E-state index is -0.298. The maximum absolute atomic E-state index is 10.7. The molecule has 0 spiro atoms. The zero-order chi connectivity index (χ0) is 8.15.